The summed E-state index contributed by atoms with van der Waals surface area (Å²) < 4.78 is 7.47. The van der Waals surface area contributed by atoms with Crippen LogP contribution >= 0.6 is 0 Å². The van der Waals surface area contributed by atoms with E-state index in [1.165, 1.54) is 38.5 Å². The summed E-state index contributed by atoms with van der Waals surface area (Å²) in [6.45, 7) is 0. The number of hydrogen-bond donors (Lipinski definition) is 2. The van der Waals surface area contributed by atoms with E-state index in [2.05, 4.69) is 10.5 Å². The minimum Gasteiger partial charge on any atom is -0.493 e. The molecule has 3 N–H and O–H groups in total. The fourth-order valence-electron chi connectivity index (χ4n) is 5.99. The molecule has 5 nitrogen and oxygen atoms in total. The minimum atomic E-state index is 0.147. The summed E-state index contributed by atoms with van der Waals surface area (Å²) in [6, 6.07) is 0.147. The highest BCUT2D eigenvalue weighted by molar-refractivity contribution is 5.31. The molecule has 4 saturated carbocycles. The molecule has 0 saturated heterocycles. The first-order chi connectivity index (χ1) is 10.1. The fourth-order valence-corrected chi connectivity index (χ4v) is 5.99. The number of nitrogens with one attached hydrogen (secondary N) is 1. The quantitative estimate of drug-likeness (QED) is 0.659. The van der Waals surface area contributed by atoms with Crippen LogP contribution in [0.3, 0.4) is 0 Å². The van der Waals surface area contributed by atoms with Crippen molar-refractivity contribution in [3.8, 4) is 5.75 Å². The van der Waals surface area contributed by atoms with E-state index in [0.717, 1.165) is 29.2 Å². The SMILES string of the molecule is COc1cnn(C)c1C(NN)C12CC3CC(CC(C3)C1)C2. The summed E-state index contributed by atoms with van der Waals surface area (Å²) in [5.74, 6) is 9.61. The summed E-state index contributed by atoms with van der Waals surface area (Å²) in [7, 11) is 3.70. The van der Waals surface area contributed by atoms with Gasteiger partial charge >= 0.3 is 0 Å². The number of hydrogen-bond acceptors (Lipinski definition) is 4. The van der Waals surface area contributed by atoms with Gasteiger partial charge in [-0.25, -0.2) is 0 Å². The monoisotopic (exact) mass is 290 g/mol. The van der Waals surface area contributed by atoms with Gasteiger partial charge in [0.1, 0.15) is 0 Å². The molecule has 1 atom stereocenters. The summed E-state index contributed by atoms with van der Waals surface area (Å²) in [5.41, 5.74) is 4.55. The molecule has 0 radical (unpaired) electrons. The molecule has 0 spiro atoms. The molecule has 0 amide bonds. The molecule has 1 aromatic heterocycles. The molecule has 4 aliphatic rings. The normalized spacial score (nSPS) is 38.7. The van der Waals surface area contributed by atoms with E-state index < -0.39 is 0 Å². The lowest BCUT2D eigenvalue weighted by atomic mass is 9.47. The third-order valence-electron chi connectivity index (χ3n) is 6.31. The zero-order chi connectivity index (χ0) is 14.6. The molecule has 4 bridgehead atoms. The van der Waals surface area contributed by atoms with Crippen molar-refractivity contribution < 1.29 is 4.74 Å². The first-order valence-corrected chi connectivity index (χ1v) is 8.17. The maximum atomic E-state index is 6.03. The number of rotatable bonds is 4. The van der Waals surface area contributed by atoms with Crippen LogP contribution in [0.15, 0.2) is 6.20 Å². The molecule has 1 aromatic rings. The van der Waals surface area contributed by atoms with Gasteiger partial charge in [0.15, 0.2) is 5.75 Å². The van der Waals surface area contributed by atoms with Gasteiger partial charge in [-0.15, -0.1) is 0 Å². The molecule has 0 aliphatic heterocycles. The van der Waals surface area contributed by atoms with Crippen molar-refractivity contribution in [2.75, 3.05) is 7.11 Å². The average molecular weight is 290 g/mol. The summed E-state index contributed by atoms with van der Waals surface area (Å²) >= 11 is 0. The number of nitrogens with zero attached hydrogens (tertiary/aromatic N) is 2. The average Bonchev–Trinajstić information content (AvgIpc) is 2.79. The molecular weight excluding hydrogens is 264 g/mol. The van der Waals surface area contributed by atoms with Crippen molar-refractivity contribution >= 4 is 0 Å². The predicted molar refractivity (Wildman–Crippen MR) is 80.4 cm³/mol. The van der Waals surface area contributed by atoms with Gasteiger partial charge in [-0.3, -0.25) is 16.0 Å². The van der Waals surface area contributed by atoms with Gasteiger partial charge in [0.25, 0.3) is 0 Å². The van der Waals surface area contributed by atoms with E-state index in [9.17, 15) is 0 Å². The lowest BCUT2D eigenvalue weighted by molar-refractivity contribution is -0.0766. The Kier molecular flexibility index (Phi) is 3.05. The second kappa shape index (κ2) is 4.71. The molecule has 116 valence electrons. The van der Waals surface area contributed by atoms with Gasteiger partial charge in [0.05, 0.1) is 25.0 Å². The van der Waals surface area contributed by atoms with Crippen molar-refractivity contribution in [2.24, 2.45) is 36.1 Å². The van der Waals surface area contributed by atoms with Crippen molar-refractivity contribution in [3.63, 3.8) is 0 Å². The number of hydrazine groups is 1. The van der Waals surface area contributed by atoms with E-state index in [-0.39, 0.29) is 6.04 Å². The van der Waals surface area contributed by atoms with Crippen molar-refractivity contribution in [2.45, 2.75) is 44.6 Å². The Morgan fingerprint density at radius 2 is 1.86 bits per heavy atom. The van der Waals surface area contributed by atoms with Gasteiger partial charge in [-0.05, 0) is 61.7 Å². The van der Waals surface area contributed by atoms with Gasteiger partial charge in [-0.2, -0.15) is 5.10 Å². The van der Waals surface area contributed by atoms with Crippen LogP contribution in [0, 0.1) is 23.2 Å². The standard InChI is InChI=1S/C16H26N4O/c1-20-14(13(21-2)9-18-20)15(19-17)16-6-10-3-11(7-16)5-12(4-10)8-16/h9-12,15,19H,3-8,17H2,1-2H3. The molecule has 5 rings (SSSR count). The van der Waals surface area contributed by atoms with Crippen LogP contribution in [0.1, 0.15) is 50.3 Å². The maximum Gasteiger partial charge on any atom is 0.161 e. The first kappa shape index (κ1) is 13.6. The van der Waals surface area contributed by atoms with E-state index in [0.29, 0.717) is 5.41 Å². The Morgan fingerprint density at radius 3 is 2.33 bits per heavy atom. The second-order valence-corrected chi connectivity index (χ2v) is 7.60. The lowest BCUT2D eigenvalue weighted by Crippen LogP contribution is -2.53. The topological polar surface area (TPSA) is 65.1 Å². The highest BCUT2D eigenvalue weighted by Crippen LogP contribution is 2.64. The van der Waals surface area contributed by atoms with E-state index in [1.54, 1.807) is 13.3 Å². The largest absolute Gasteiger partial charge is 0.493 e. The number of aromatic nitrogens is 2. The van der Waals surface area contributed by atoms with E-state index in [1.807, 2.05) is 11.7 Å². The number of nitrogens with two attached hydrogens (primary N) is 1. The first-order valence-electron chi connectivity index (χ1n) is 8.17. The number of aryl methyl sites for hydroxylation is 1. The smallest absolute Gasteiger partial charge is 0.161 e. The second-order valence-electron chi connectivity index (χ2n) is 7.60. The van der Waals surface area contributed by atoms with Crippen LogP contribution in [0.25, 0.3) is 0 Å². The highest BCUT2D eigenvalue weighted by Gasteiger charge is 2.55. The fraction of sp³-hybridized carbons (Fsp3) is 0.812. The molecule has 4 aliphatic carbocycles. The van der Waals surface area contributed by atoms with Crippen LogP contribution in [-0.4, -0.2) is 16.9 Å². The van der Waals surface area contributed by atoms with E-state index in [4.69, 9.17) is 10.6 Å². The third-order valence-corrected chi connectivity index (χ3v) is 6.31. The van der Waals surface area contributed by atoms with Gasteiger partial charge in [-0.1, -0.05) is 0 Å². The maximum absolute atomic E-state index is 6.03. The summed E-state index contributed by atoms with van der Waals surface area (Å²) in [4.78, 5) is 0. The molecule has 0 aromatic carbocycles. The minimum absolute atomic E-state index is 0.147. The zero-order valence-electron chi connectivity index (χ0n) is 13.0. The van der Waals surface area contributed by atoms with Crippen LogP contribution in [0.2, 0.25) is 0 Å². The molecule has 5 heteroatoms. The number of ether oxygens (including phenoxy) is 1. The van der Waals surface area contributed by atoms with Crippen LogP contribution in [-0.2, 0) is 7.05 Å². The Balaban J connectivity index is 1.74. The Bertz CT molecular complexity index is 503. The van der Waals surface area contributed by atoms with Crippen molar-refractivity contribution in [1.82, 2.24) is 15.2 Å². The van der Waals surface area contributed by atoms with Gasteiger partial charge < -0.3 is 4.74 Å². The summed E-state index contributed by atoms with van der Waals surface area (Å²) in [6.07, 6.45) is 10.1. The molecule has 21 heavy (non-hydrogen) atoms. The predicted octanol–water partition coefficient (Wildman–Crippen LogP) is 2.15. The Labute approximate surface area is 126 Å². The number of methoxy groups -OCH3 is 1. The molecule has 1 unspecified atom stereocenters. The van der Waals surface area contributed by atoms with Crippen molar-refractivity contribution in [3.05, 3.63) is 11.9 Å². The van der Waals surface area contributed by atoms with Gasteiger partial charge in [0, 0.05) is 7.05 Å². The molecule has 4 fully saturated rings. The Hall–Kier alpha value is -1.07. The molecule has 1 heterocycles. The zero-order valence-corrected chi connectivity index (χ0v) is 13.0. The lowest BCUT2D eigenvalue weighted by Gasteiger charge is -2.59. The summed E-state index contributed by atoms with van der Waals surface area (Å²) in [5, 5.41) is 4.38. The third kappa shape index (κ3) is 1.94. The van der Waals surface area contributed by atoms with Gasteiger partial charge in [0.2, 0.25) is 0 Å². The van der Waals surface area contributed by atoms with Crippen LogP contribution < -0.4 is 16.0 Å². The van der Waals surface area contributed by atoms with Crippen LogP contribution in [0.5, 0.6) is 5.75 Å². The van der Waals surface area contributed by atoms with Crippen molar-refractivity contribution in [1.29, 1.82) is 0 Å². The Morgan fingerprint density at radius 1 is 1.29 bits per heavy atom. The van der Waals surface area contributed by atoms with E-state index >= 15 is 0 Å². The van der Waals surface area contributed by atoms with Crippen LogP contribution in [0.4, 0.5) is 0 Å². The highest BCUT2D eigenvalue weighted by atomic mass is 16.5. The molecular formula is C16H26N4O.